The highest BCUT2D eigenvalue weighted by Gasteiger charge is 2.34. The molecule has 0 aliphatic heterocycles. The fourth-order valence-electron chi connectivity index (χ4n) is 4.31. The molecule has 0 saturated heterocycles. The van der Waals surface area contributed by atoms with Gasteiger partial charge in [-0.15, -0.1) is 0 Å². The van der Waals surface area contributed by atoms with Gasteiger partial charge in [-0.05, 0) is 64.8 Å². The van der Waals surface area contributed by atoms with Crippen molar-refractivity contribution in [2.75, 3.05) is 0 Å². The number of carbonyl (C=O) groups is 1. The van der Waals surface area contributed by atoms with Gasteiger partial charge in [0.25, 0.3) is 0 Å². The van der Waals surface area contributed by atoms with E-state index >= 15 is 0 Å². The first-order valence-electron chi connectivity index (χ1n) is 12.8. The number of alkyl halides is 3. The summed E-state index contributed by atoms with van der Waals surface area (Å²) in [5.74, 6) is -0.380. The number of benzene rings is 3. The summed E-state index contributed by atoms with van der Waals surface area (Å²) in [6.45, 7) is 8.31. The number of amides is 1. The van der Waals surface area contributed by atoms with E-state index in [9.17, 15) is 18.0 Å². The van der Waals surface area contributed by atoms with Crippen molar-refractivity contribution in [1.29, 1.82) is 0 Å². The maximum Gasteiger partial charge on any atom is 0.417 e. The van der Waals surface area contributed by atoms with Crippen LogP contribution in [0.15, 0.2) is 66.7 Å². The third kappa shape index (κ3) is 7.61. The van der Waals surface area contributed by atoms with Crippen molar-refractivity contribution in [2.45, 2.75) is 77.5 Å². The molecular formula is C31H36F3NO2. The Bertz CT molecular complexity index is 1180. The predicted molar refractivity (Wildman–Crippen MR) is 143 cm³/mol. The molecule has 0 fully saturated rings. The topological polar surface area (TPSA) is 52.3 Å². The number of halogens is 3. The van der Waals surface area contributed by atoms with Crippen LogP contribution in [0.5, 0.6) is 5.75 Å². The van der Waals surface area contributed by atoms with Gasteiger partial charge in [0.15, 0.2) is 0 Å². The first-order valence-corrected chi connectivity index (χ1v) is 12.8. The van der Waals surface area contributed by atoms with E-state index in [1.165, 1.54) is 6.07 Å². The summed E-state index contributed by atoms with van der Waals surface area (Å²) in [4.78, 5) is 11.4. The Kier molecular flexibility index (Phi) is 9.06. The van der Waals surface area contributed by atoms with Gasteiger partial charge in [-0.3, -0.25) is 4.79 Å². The van der Waals surface area contributed by atoms with Crippen LogP contribution in [0.4, 0.5) is 13.2 Å². The smallest absolute Gasteiger partial charge is 0.417 e. The lowest BCUT2D eigenvalue weighted by atomic mass is 9.86. The van der Waals surface area contributed by atoms with E-state index in [1.807, 2.05) is 12.1 Å². The quantitative estimate of drug-likeness (QED) is 0.276. The Hall–Kier alpha value is -3.28. The average Bonchev–Trinajstić information content (AvgIpc) is 2.85. The number of rotatable bonds is 10. The van der Waals surface area contributed by atoms with E-state index in [0.717, 1.165) is 42.9 Å². The van der Waals surface area contributed by atoms with E-state index < -0.39 is 23.8 Å². The summed E-state index contributed by atoms with van der Waals surface area (Å²) in [7, 11) is 0. The van der Waals surface area contributed by atoms with Gasteiger partial charge in [-0.1, -0.05) is 89.4 Å². The number of ether oxygens (including phenoxy) is 1. The van der Waals surface area contributed by atoms with Crippen LogP contribution >= 0.6 is 0 Å². The van der Waals surface area contributed by atoms with Crippen LogP contribution in [0.2, 0.25) is 0 Å². The van der Waals surface area contributed by atoms with Crippen LogP contribution in [0.1, 0.15) is 93.0 Å². The van der Waals surface area contributed by atoms with Crippen LogP contribution in [0.25, 0.3) is 11.1 Å². The van der Waals surface area contributed by atoms with E-state index in [-0.39, 0.29) is 16.7 Å². The number of hydrogen-bond donors (Lipinski definition) is 1. The van der Waals surface area contributed by atoms with E-state index in [1.54, 1.807) is 42.5 Å². The monoisotopic (exact) mass is 511 g/mol. The highest BCUT2D eigenvalue weighted by molar-refractivity contribution is 5.92. The number of unbranched alkanes of at least 4 members (excludes halogenated alkanes) is 3. The Labute approximate surface area is 217 Å². The molecule has 6 heteroatoms. The summed E-state index contributed by atoms with van der Waals surface area (Å²) >= 11 is 0. The van der Waals surface area contributed by atoms with Crippen molar-refractivity contribution < 1.29 is 22.7 Å². The molecular weight excluding hydrogens is 475 g/mol. The lowest BCUT2D eigenvalue weighted by Crippen LogP contribution is -2.13. The molecule has 3 rings (SSSR count). The zero-order chi connectivity index (χ0) is 27.2. The fourth-order valence-corrected chi connectivity index (χ4v) is 4.31. The second kappa shape index (κ2) is 11.8. The SMILES string of the molecule is CCCCCCC(Oc1ccc(-c2ccc(C(C)(C)C)cc2)c(C(F)(F)F)c1)c1ccc(C(N)=O)cc1. The van der Waals surface area contributed by atoms with Gasteiger partial charge in [-0.2, -0.15) is 13.2 Å². The largest absolute Gasteiger partial charge is 0.486 e. The summed E-state index contributed by atoms with van der Waals surface area (Å²) in [5, 5.41) is 0. The number of primary amides is 1. The van der Waals surface area contributed by atoms with E-state index in [2.05, 4.69) is 27.7 Å². The second-order valence-electron chi connectivity index (χ2n) is 10.5. The third-order valence-corrected chi connectivity index (χ3v) is 6.52. The van der Waals surface area contributed by atoms with Gasteiger partial charge < -0.3 is 10.5 Å². The van der Waals surface area contributed by atoms with Gasteiger partial charge in [-0.25, -0.2) is 0 Å². The van der Waals surface area contributed by atoms with Crippen LogP contribution in [0.3, 0.4) is 0 Å². The highest BCUT2D eigenvalue weighted by atomic mass is 19.4. The Morgan fingerprint density at radius 1 is 0.892 bits per heavy atom. The van der Waals surface area contributed by atoms with Gasteiger partial charge in [0.05, 0.1) is 5.56 Å². The van der Waals surface area contributed by atoms with Crippen molar-refractivity contribution in [2.24, 2.45) is 5.73 Å². The Morgan fingerprint density at radius 3 is 2.08 bits per heavy atom. The van der Waals surface area contributed by atoms with Gasteiger partial charge >= 0.3 is 6.18 Å². The molecule has 1 unspecified atom stereocenters. The van der Waals surface area contributed by atoms with Crippen molar-refractivity contribution in [3.8, 4) is 16.9 Å². The maximum atomic E-state index is 14.2. The highest BCUT2D eigenvalue weighted by Crippen LogP contribution is 2.40. The normalized spacial score (nSPS) is 12.8. The van der Waals surface area contributed by atoms with Crippen LogP contribution in [0, 0.1) is 0 Å². The molecule has 1 amide bonds. The van der Waals surface area contributed by atoms with Gasteiger partial charge in [0.2, 0.25) is 5.91 Å². The molecule has 0 saturated carbocycles. The molecule has 2 N–H and O–H groups in total. The third-order valence-electron chi connectivity index (χ3n) is 6.52. The molecule has 0 bridgehead atoms. The summed E-state index contributed by atoms with van der Waals surface area (Å²) in [6.07, 6.45) is -0.310. The van der Waals surface area contributed by atoms with Crippen LogP contribution < -0.4 is 10.5 Å². The summed E-state index contributed by atoms with van der Waals surface area (Å²) in [6, 6.07) is 18.1. The fraction of sp³-hybridized carbons (Fsp3) is 0.387. The molecule has 1 atom stereocenters. The lowest BCUT2D eigenvalue weighted by molar-refractivity contribution is -0.137. The average molecular weight is 512 g/mol. The first-order chi connectivity index (χ1) is 17.4. The second-order valence-corrected chi connectivity index (χ2v) is 10.5. The minimum Gasteiger partial charge on any atom is -0.486 e. The minimum absolute atomic E-state index is 0.0924. The minimum atomic E-state index is -4.54. The van der Waals surface area contributed by atoms with Crippen molar-refractivity contribution in [1.82, 2.24) is 0 Å². The molecule has 37 heavy (non-hydrogen) atoms. The Morgan fingerprint density at radius 2 is 1.54 bits per heavy atom. The van der Waals surface area contributed by atoms with E-state index in [0.29, 0.717) is 17.5 Å². The summed E-state index contributed by atoms with van der Waals surface area (Å²) in [5.41, 5.74) is 7.36. The predicted octanol–water partition coefficient (Wildman–Crippen LogP) is 8.86. The van der Waals surface area contributed by atoms with Crippen LogP contribution in [-0.2, 0) is 11.6 Å². The molecule has 0 aliphatic carbocycles. The molecule has 0 heterocycles. The molecule has 198 valence electrons. The standard InChI is InChI=1S/C31H36F3NO2/c1-5-6-7-8-9-28(22-10-12-23(13-11-22)29(35)36)37-25-18-19-26(27(20-25)31(32,33)34)21-14-16-24(17-15-21)30(2,3)4/h10-20,28H,5-9H2,1-4H3,(H2,35,36). The number of carbonyl (C=O) groups excluding carboxylic acids is 1. The Balaban J connectivity index is 1.93. The zero-order valence-electron chi connectivity index (χ0n) is 22.0. The van der Waals surface area contributed by atoms with Crippen molar-refractivity contribution in [3.63, 3.8) is 0 Å². The number of hydrogen-bond acceptors (Lipinski definition) is 2. The number of nitrogens with two attached hydrogens (primary N) is 1. The summed E-state index contributed by atoms with van der Waals surface area (Å²) < 4.78 is 48.6. The van der Waals surface area contributed by atoms with Crippen molar-refractivity contribution in [3.05, 3.63) is 89.0 Å². The zero-order valence-corrected chi connectivity index (χ0v) is 22.0. The van der Waals surface area contributed by atoms with Gasteiger partial charge in [0, 0.05) is 5.56 Å². The van der Waals surface area contributed by atoms with Gasteiger partial charge in [0.1, 0.15) is 11.9 Å². The molecule has 3 aromatic carbocycles. The lowest BCUT2D eigenvalue weighted by Gasteiger charge is -2.22. The van der Waals surface area contributed by atoms with E-state index in [4.69, 9.17) is 10.5 Å². The molecule has 0 radical (unpaired) electrons. The first kappa shape index (κ1) is 28.3. The molecule has 3 aromatic rings. The maximum absolute atomic E-state index is 14.2. The van der Waals surface area contributed by atoms with Crippen LogP contribution in [-0.4, -0.2) is 5.91 Å². The molecule has 0 aromatic heterocycles. The molecule has 0 spiro atoms. The molecule has 0 aliphatic rings. The van der Waals surface area contributed by atoms with Crippen molar-refractivity contribution >= 4 is 5.91 Å². The molecule has 3 nitrogen and oxygen atoms in total.